The molecule has 0 spiro atoms. The number of hydrogen-bond donors (Lipinski definition) is 1. The van der Waals surface area contributed by atoms with Crippen molar-refractivity contribution in [1.29, 1.82) is 0 Å². The van der Waals surface area contributed by atoms with E-state index in [-0.39, 0.29) is 4.90 Å². The summed E-state index contributed by atoms with van der Waals surface area (Å²) in [7, 11) is -3.70. The Morgan fingerprint density at radius 2 is 1.85 bits per heavy atom. The summed E-state index contributed by atoms with van der Waals surface area (Å²) in [6, 6.07) is 16.8. The second-order valence-electron chi connectivity index (χ2n) is 6.31. The third kappa shape index (κ3) is 3.93. The van der Waals surface area contributed by atoms with Crippen LogP contribution in [0.1, 0.15) is 17.5 Å². The van der Waals surface area contributed by atoms with Crippen LogP contribution in [-0.2, 0) is 16.6 Å². The Kier molecular flexibility index (Phi) is 5.66. The maximum atomic E-state index is 13.4. The fraction of sp³-hybridized carbons (Fsp3) is 0.250. The molecule has 5 nitrogen and oxygen atoms in total. The molecule has 1 aromatic heterocycles. The minimum absolute atomic E-state index is 0.239. The molecule has 136 valence electrons. The summed E-state index contributed by atoms with van der Waals surface area (Å²) in [5.74, 6) is 0. The average molecular weight is 369 g/mol. The number of nitrogens with zero attached hydrogens (tertiary/aromatic N) is 2. The molecule has 0 radical (unpaired) electrons. The summed E-state index contributed by atoms with van der Waals surface area (Å²) >= 11 is 0. The average Bonchev–Trinajstić information content (AvgIpc) is 2.65. The van der Waals surface area contributed by atoms with Crippen molar-refractivity contribution in [1.82, 2.24) is 9.29 Å². The quantitative estimate of drug-likeness (QED) is 0.694. The lowest BCUT2D eigenvalue weighted by molar-refractivity contribution is 0.402. The fourth-order valence-electron chi connectivity index (χ4n) is 2.93. The number of pyridine rings is 1. The Bertz CT molecular complexity index is 988. The van der Waals surface area contributed by atoms with Crippen LogP contribution in [-0.4, -0.2) is 30.8 Å². The first-order chi connectivity index (χ1) is 12.5. The van der Waals surface area contributed by atoms with E-state index in [1.54, 1.807) is 18.3 Å². The summed E-state index contributed by atoms with van der Waals surface area (Å²) in [5, 5.41) is 0.824. The molecule has 3 rings (SSSR count). The van der Waals surface area contributed by atoms with Gasteiger partial charge in [0.05, 0.1) is 5.52 Å². The molecule has 3 aromatic rings. The van der Waals surface area contributed by atoms with Gasteiger partial charge in [-0.2, -0.15) is 4.31 Å². The molecular formula is C20H23N3O2S. The van der Waals surface area contributed by atoms with Gasteiger partial charge < -0.3 is 5.73 Å². The second-order valence-corrected chi connectivity index (χ2v) is 8.21. The van der Waals surface area contributed by atoms with Gasteiger partial charge in [-0.25, -0.2) is 8.42 Å². The Balaban J connectivity index is 2.05. The van der Waals surface area contributed by atoms with E-state index in [1.807, 2.05) is 49.4 Å². The molecular weight excluding hydrogens is 346 g/mol. The van der Waals surface area contributed by atoms with Gasteiger partial charge in [-0.15, -0.1) is 0 Å². The first-order valence-corrected chi connectivity index (χ1v) is 10.1. The highest BCUT2D eigenvalue weighted by Gasteiger charge is 2.26. The van der Waals surface area contributed by atoms with Crippen LogP contribution >= 0.6 is 0 Å². The minimum atomic E-state index is -3.70. The normalized spacial score (nSPS) is 12.0. The van der Waals surface area contributed by atoms with E-state index in [0.29, 0.717) is 31.6 Å². The number of aryl methyl sites for hydroxylation is 1. The van der Waals surface area contributed by atoms with Gasteiger partial charge in [-0.1, -0.05) is 42.5 Å². The van der Waals surface area contributed by atoms with E-state index in [9.17, 15) is 8.42 Å². The van der Waals surface area contributed by atoms with Crippen LogP contribution in [0.25, 0.3) is 10.9 Å². The van der Waals surface area contributed by atoms with E-state index in [2.05, 4.69) is 4.98 Å². The SMILES string of the molecule is Cc1cnc2c(S(=O)(=O)N(CCCN)Cc3ccccc3)cccc2c1. The highest BCUT2D eigenvalue weighted by atomic mass is 32.2. The zero-order chi connectivity index (χ0) is 18.6. The summed E-state index contributed by atoms with van der Waals surface area (Å²) in [6.07, 6.45) is 2.30. The van der Waals surface area contributed by atoms with Gasteiger partial charge in [0.15, 0.2) is 0 Å². The number of nitrogens with two attached hydrogens (primary N) is 1. The van der Waals surface area contributed by atoms with Gasteiger partial charge in [0, 0.05) is 24.7 Å². The molecule has 0 bridgehead atoms. The number of para-hydroxylation sites is 1. The second kappa shape index (κ2) is 7.95. The van der Waals surface area contributed by atoms with E-state index in [4.69, 9.17) is 5.73 Å². The van der Waals surface area contributed by atoms with Crippen molar-refractivity contribution < 1.29 is 8.42 Å². The third-order valence-electron chi connectivity index (χ3n) is 4.24. The molecule has 0 atom stereocenters. The highest BCUT2D eigenvalue weighted by molar-refractivity contribution is 7.89. The lowest BCUT2D eigenvalue weighted by Gasteiger charge is -2.23. The molecule has 0 amide bonds. The van der Waals surface area contributed by atoms with Crippen LogP contribution in [0.3, 0.4) is 0 Å². The molecule has 26 heavy (non-hydrogen) atoms. The van der Waals surface area contributed by atoms with Crippen molar-refractivity contribution in [2.75, 3.05) is 13.1 Å². The van der Waals surface area contributed by atoms with Crippen LogP contribution in [0.15, 0.2) is 65.7 Å². The van der Waals surface area contributed by atoms with Crippen molar-refractivity contribution in [3.8, 4) is 0 Å². The third-order valence-corrected chi connectivity index (χ3v) is 6.12. The Labute approximate surface area is 154 Å². The summed E-state index contributed by atoms with van der Waals surface area (Å²) in [4.78, 5) is 4.63. The fourth-order valence-corrected chi connectivity index (χ4v) is 4.56. The molecule has 0 unspecified atom stereocenters. The molecule has 0 aliphatic rings. The van der Waals surface area contributed by atoms with E-state index < -0.39 is 10.0 Å². The maximum Gasteiger partial charge on any atom is 0.245 e. The molecule has 0 saturated carbocycles. The molecule has 0 fully saturated rings. The van der Waals surface area contributed by atoms with Crippen molar-refractivity contribution in [3.05, 3.63) is 71.9 Å². The summed E-state index contributed by atoms with van der Waals surface area (Å²) in [6.45, 7) is 3.06. The minimum Gasteiger partial charge on any atom is -0.330 e. The van der Waals surface area contributed by atoms with E-state index in [1.165, 1.54) is 4.31 Å². The van der Waals surface area contributed by atoms with Crippen molar-refractivity contribution in [2.24, 2.45) is 5.73 Å². The molecule has 0 saturated heterocycles. The monoisotopic (exact) mass is 369 g/mol. The topological polar surface area (TPSA) is 76.3 Å². The molecule has 0 aliphatic carbocycles. The van der Waals surface area contributed by atoms with E-state index in [0.717, 1.165) is 16.5 Å². The lowest BCUT2D eigenvalue weighted by atomic mass is 10.2. The maximum absolute atomic E-state index is 13.4. The number of aromatic nitrogens is 1. The Morgan fingerprint density at radius 3 is 2.58 bits per heavy atom. The first-order valence-electron chi connectivity index (χ1n) is 8.62. The van der Waals surface area contributed by atoms with Gasteiger partial charge in [-0.3, -0.25) is 4.98 Å². The van der Waals surface area contributed by atoms with Crippen molar-refractivity contribution in [2.45, 2.75) is 24.8 Å². The number of rotatable bonds is 7. The van der Waals surface area contributed by atoms with Crippen LogP contribution in [0.4, 0.5) is 0 Å². The molecule has 2 aromatic carbocycles. The molecule has 6 heteroatoms. The van der Waals surface area contributed by atoms with Gasteiger partial charge in [0.25, 0.3) is 0 Å². The largest absolute Gasteiger partial charge is 0.330 e. The Morgan fingerprint density at radius 1 is 1.08 bits per heavy atom. The zero-order valence-electron chi connectivity index (χ0n) is 14.8. The lowest BCUT2D eigenvalue weighted by Crippen LogP contribution is -2.32. The summed E-state index contributed by atoms with van der Waals surface area (Å²) < 4.78 is 28.3. The standard InChI is InChI=1S/C20H23N3O2S/c1-16-13-18-9-5-10-19(20(18)22-14-16)26(24,25)23(12-6-11-21)15-17-7-3-2-4-8-17/h2-5,7-10,13-14H,6,11-12,15,21H2,1H3. The molecule has 1 heterocycles. The van der Waals surface area contributed by atoms with Gasteiger partial charge in [-0.05, 0) is 43.1 Å². The molecule has 0 aliphatic heterocycles. The first kappa shape index (κ1) is 18.5. The predicted octanol–water partition coefficient (Wildman–Crippen LogP) is 3.08. The van der Waals surface area contributed by atoms with Crippen LogP contribution in [0, 0.1) is 6.92 Å². The Hall–Kier alpha value is -2.28. The van der Waals surface area contributed by atoms with Crippen molar-refractivity contribution in [3.63, 3.8) is 0 Å². The van der Waals surface area contributed by atoms with Crippen LogP contribution in [0.5, 0.6) is 0 Å². The smallest absolute Gasteiger partial charge is 0.245 e. The number of sulfonamides is 1. The number of fused-ring (bicyclic) bond motifs is 1. The number of benzene rings is 2. The van der Waals surface area contributed by atoms with Gasteiger partial charge in [0.1, 0.15) is 4.90 Å². The van der Waals surface area contributed by atoms with Gasteiger partial charge in [0.2, 0.25) is 10.0 Å². The van der Waals surface area contributed by atoms with Gasteiger partial charge >= 0.3 is 0 Å². The zero-order valence-corrected chi connectivity index (χ0v) is 15.6. The van der Waals surface area contributed by atoms with Crippen molar-refractivity contribution >= 4 is 20.9 Å². The van der Waals surface area contributed by atoms with Crippen LogP contribution in [0.2, 0.25) is 0 Å². The van der Waals surface area contributed by atoms with Crippen LogP contribution < -0.4 is 5.73 Å². The predicted molar refractivity (Wildman–Crippen MR) is 104 cm³/mol. The van der Waals surface area contributed by atoms with E-state index >= 15 is 0 Å². The highest BCUT2D eigenvalue weighted by Crippen LogP contribution is 2.26. The summed E-state index contributed by atoms with van der Waals surface area (Å²) in [5.41, 5.74) is 8.07. The number of hydrogen-bond acceptors (Lipinski definition) is 4. The molecule has 2 N–H and O–H groups in total.